The van der Waals surface area contributed by atoms with Gasteiger partial charge in [0, 0.05) is 17.1 Å². The van der Waals surface area contributed by atoms with E-state index in [0.717, 1.165) is 40.7 Å². The first-order chi connectivity index (χ1) is 14.7. The number of methoxy groups -OCH3 is 1. The van der Waals surface area contributed by atoms with Gasteiger partial charge in [0.15, 0.2) is 5.16 Å². The number of fused-ring (bicyclic) bond motifs is 3. The highest BCUT2D eigenvalue weighted by Gasteiger charge is 2.24. The van der Waals surface area contributed by atoms with Crippen molar-refractivity contribution in [3.8, 4) is 23.6 Å². The molecule has 1 aliphatic rings. The smallest absolute Gasteiger partial charge is 0.267 e. The van der Waals surface area contributed by atoms with Crippen molar-refractivity contribution in [3.05, 3.63) is 45.1 Å². The van der Waals surface area contributed by atoms with E-state index < -0.39 is 0 Å². The summed E-state index contributed by atoms with van der Waals surface area (Å²) in [6, 6.07) is 11.7. The predicted octanol–water partition coefficient (Wildman–Crippen LogP) is 4.48. The summed E-state index contributed by atoms with van der Waals surface area (Å²) in [4.78, 5) is 20.5. The minimum absolute atomic E-state index is 0.0578. The third-order valence-corrected chi connectivity index (χ3v) is 7.53. The first-order valence-electron chi connectivity index (χ1n) is 9.77. The van der Waals surface area contributed by atoms with Gasteiger partial charge in [-0.2, -0.15) is 10.5 Å². The minimum Gasteiger partial charge on any atom is -0.497 e. The molecule has 2 aromatic heterocycles. The van der Waals surface area contributed by atoms with E-state index >= 15 is 0 Å². The lowest BCUT2D eigenvalue weighted by atomic mass is 10.1. The van der Waals surface area contributed by atoms with Gasteiger partial charge in [-0.1, -0.05) is 11.8 Å². The largest absolute Gasteiger partial charge is 0.497 e. The Hall–Kier alpha value is -2.81. The average molecular weight is 437 g/mol. The molecule has 0 radical (unpaired) electrons. The summed E-state index contributed by atoms with van der Waals surface area (Å²) >= 11 is 3.01. The Morgan fingerprint density at radius 3 is 2.80 bits per heavy atom. The van der Waals surface area contributed by atoms with Crippen LogP contribution in [0.4, 0.5) is 0 Å². The molecular weight excluding hydrogens is 416 g/mol. The summed E-state index contributed by atoms with van der Waals surface area (Å²) < 4.78 is 6.90. The maximum Gasteiger partial charge on any atom is 0.267 e. The molecule has 0 spiro atoms. The highest BCUT2D eigenvalue weighted by molar-refractivity contribution is 7.99. The van der Waals surface area contributed by atoms with Crippen LogP contribution in [0.5, 0.6) is 5.75 Å². The molecule has 0 amide bonds. The topological polar surface area (TPSA) is 91.7 Å². The van der Waals surface area contributed by atoms with Gasteiger partial charge in [0.1, 0.15) is 10.6 Å². The van der Waals surface area contributed by atoms with Gasteiger partial charge in [0.25, 0.3) is 5.56 Å². The van der Waals surface area contributed by atoms with E-state index in [1.807, 2.05) is 24.3 Å². The fourth-order valence-electron chi connectivity index (χ4n) is 3.68. The van der Waals surface area contributed by atoms with Gasteiger partial charge >= 0.3 is 0 Å². The van der Waals surface area contributed by atoms with E-state index in [4.69, 9.17) is 15.0 Å². The third kappa shape index (κ3) is 3.81. The van der Waals surface area contributed by atoms with Gasteiger partial charge in [-0.15, -0.1) is 11.3 Å². The molecule has 0 fully saturated rings. The predicted molar refractivity (Wildman–Crippen MR) is 118 cm³/mol. The standard InChI is InChI=1S/C22H20N4O2S2/c1-28-16-9-7-15(8-10-16)26-21(27)19-17-5-2-6-18(17)30-20(19)25-22(26)29-13-14(12-24)4-3-11-23/h7-10,14H,2-6,13H2,1H3. The average Bonchev–Trinajstić information content (AvgIpc) is 3.35. The highest BCUT2D eigenvalue weighted by atomic mass is 32.2. The lowest BCUT2D eigenvalue weighted by Gasteiger charge is -2.14. The van der Waals surface area contributed by atoms with Crippen molar-refractivity contribution in [2.24, 2.45) is 5.92 Å². The number of nitriles is 2. The van der Waals surface area contributed by atoms with Crippen molar-refractivity contribution in [1.29, 1.82) is 10.5 Å². The second-order valence-electron chi connectivity index (χ2n) is 7.10. The van der Waals surface area contributed by atoms with E-state index in [1.54, 1.807) is 23.0 Å². The van der Waals surface area contributed by atoms with Crippen LogP contribution in [0.15, 0.2) is 34.2 Å². The van der Waals surface area contributed by atoms with Gasteiger partial charge in [-0.3, -0.25) is 9.36 Å². The summed E-state index contributed by atoms with van der Waals surface area (Å²) in [5, 5.41) is 19.5. The highest BCUT2D eigenvalue weighted by Crippen LogP contribution is 2.36. The van der Waals surface area contributed by atoms with Gasteiger partial charge in [0.05, 0.1) is 36.2 Å². The molecule has 0 saturated carbocycles. The SMILES string of the molecule is COc1ccc(-n2c(SCC(C#N)CCC#N)nc3sc4c(c3c2=O)CCC4)cc1. The molecule has 0 aliphatic heterocycles. The molecule has 0 saturated heterocycles. The van der Waals surface area contributed by atoms with Crippen molar-refractivity contribution in [3.63, 3.8) is 0 Å². The molecule has 1 atom stereocenters. The number of hydrogen-bond donors (Lipinski definition) is 0. The summed E-state index contributed by atoms with van der Waals surface area (Å²) in [5.74, 6) is 0.935. The lowest BCUT2D eigenvalue weighted by Crippen LogP contribution is -2.22. The first-order valence-corrected chi connectivity index (χ1v) is 11.6. The van der Waals surface area contributed by atoms with Crippen LogP contribution in [-0.4, -0.2) is 22.4 Å². The number of benzene rings is 1. The number of ether oxygens (including phenoxy) is 1. The van der Waals surface area contributed by atoms with Crippen LogP contribution in [0, 0.1) is 28.6 Å². The normalized spacial score (nSPS) is 13.6. The van der Waals surface area contributed by atoms with Crippen LogP contribution < -0.4 is 10.3 Å². The van der Waals surface area contributed by atoms with Crippen LogP contribution in [-0.2, 0) is 12.8 Å². The van der Waals surface area contributed by atoms with E-state index in [2.05, 4.69) is 12.1 Å². The Kier molecular flexibility index (Phi) is 6.08. The lowest BCUT2D eigenvalue weighted by molar-refractivity contribution is 0.414. The molecule has 3 aromatic rings. The fraction of sp³-hybridized carbons (Fsp3) is 0.364. The Morgan fingerprint density at radius 1 is 1.30 bits per heavy atom. The molecule has 152 valence electrons. The number of nitrogens with zero attached hydrogens (tertiary/aromatic N) is 4. The molecule has 8 heteroatoms. The van der Waals surface area contributed by atoms with Crippen molar-refractivity contribution in [2.75, 3.05) is 12.9 Å². The monoisotopic (exact) mass is 436 g/mol. The molecule has 1 aliphatic carbocycles. The van der Waals surface area contributed by atoms with E-state index in [-0.39, 0.29) is 11.5 Å². The summed E-state index contributed by atoms with van der Waals surface area (Å²) in [5.41, 5.74) is 1.81. The maximum absolute atomic E-state index is 13.6. The summed E-state index contributed by atoms with van der Waals surface area (Å²) in [7, 11) is 1.61. The van der Waals surface area contributed by atoms with Crippen molar-refractivity contribution in [2.45, 2.75) is 37.3 Å². The number of aryl methyl sites for hydroxylation is 2. The second kappa shape index (κ2) is 8.91. The molecule has 1 aromatic carbocycles. The summed E-state index contributed by atoms with van der Waals surface area (Å²) in [6.45, 7) is 0. The van der Waals surface area contributed by atoms with Crippen molar-refractivity contribution in [1.82, 2.24) is 9.55 Å². The first kappa shape index (κ1) is 20.5. The van der Waals surface area contributed by atoms with E-state index in [9.17, 15) is 10.1 Å². The van der Waals surface area contributed by atoms with Crippen LogP contribution >= 0.6 is 23.1 Å². The Labute approximate surface area is 182 Å². The number of rotatable bonds is 7. The van der Waals surface area contributed by atoms with Crippen LogP contribution in [0.1, 0.15) is 29.7 Å². The zero-order valence-electron chi connectivity index (χ0n) is 16.6. The van der Waals surface area contributed by atoms with Gasteiger partial charge in [-0.25, -0.2) is 4.98 Å². The molecule has 0 N–H and O–H groups in total. The van der Waals surface area contributed by atoms with Crippen molar-refractivity contribution >= 4 is 33.3 Å². The number of thiophene rings is 1. The van der Waals surface area contributed by atoms with E-state index in [1.165, 1.54) is 16.6 Å². The quantitative estimate of drug-likeness (QED) is 0.400. The van der Waals surface area contributed by atoms with Crippen LogP contribution in [0.2, 0.25) is 0 Å². The zero-order chi connectivity index (χ0) is 21.1. The minimum atomic E-state index is -0.264. The number of aromatic nitrogens is 2. The molecule has 30 heavy (non-hydrogen) atoms. The maximum atomic E-state index is 13.6. The fourth-order valence-corrected chi connectivity index (χ4v) is 6.05. The second-order valence-corrected chi connectivity index (χ2v) is 9.18. The Bertz CT molecular complexity index is 1220. The van der Waals surface area contributed by atoms with Gasteiger partial charge < -0.3 is 4.74 Å². The van der Waals surface area contributed by atoms with Gasteiger partial charge in [-0.05, 0) is 55.5 Å². The molecule has 2 heterocycles. The Balaban J connectivity index is 1.80. The molecule has 0 bridgehead atoms. The van der Waals surface area contributed by atoms with Crippen molar-refractivity contribution < 1.29 is 4.74 Å². The molecular formula is C22H20N4O2S2. The molecule has 6 nitrogen and oxygen atoms in total. The van der Waals surface area contributed by atoms with Crippen LogP contribution in [0.3, 0.4) is 0 Å². The summed E-state index contributed by atoms with van der Waals surface area (Å²) in [6.07, 6.45) is 3.87. The van der Waals surface area contributed by atoms with E-state index in [0.29, 0.717) is 29.5 Å². The zero-order valence-corrected chi connectivity index (χ0v) is 18.2. The molecule has 4 rings (SSSR count). The molecule has 1 unspecified atom stereocenters. The number of thioether (sulfide) groups is 1. The van der Waals surface area contributed by atoms with Crippen LogP contribution in [0.25, 0.3) is 15.9 Å². The van der Waals surface area contributed by atoms with Gasteiger partial charge in [0.2, 0.25) is 0 Å². The third-order valence-electron chi connectivity index (χ3n) is 5.24. The number of hydrogen-bond acceptors (Lipinski definition) is 7. The Morgan fingerprint density at radius 2 is 2.10 bits per heavy atom.